The largest absolute Gasteiger partial charge is 0.484 e. The van der Waals surface area contributed by atoms with Crippen molar-refractivity contribution < 1.29 is 4.74 Å². The number of nitrogens with one attached hydrogen (secondary N) is 1. The normalized spacial score (nSPS) is 21.8. The van der Waals surface area contributed by atoms with Gasteiger partial charge in [0, 0.05) is 23.4 Å². The van der Waals surface area contributed by atoms with Crippen LogP contribution in [0.15, 0.2) is 29.6 Å². The van der Waals surface area contributed by atoms with E-state index < -0.39 is 0 Å². The molecule has 0 radical (unpaired) electrons. The topological polar surface area (TPSA) is 34.2 Å². The Bertz CT molecular complexity index is 567. The van der Waals surface area contributed by atoms with Crippen molar-refractivity contribution in [2.75, 3.05) is 6.54 Å². The number of hydrogen-bond donors (Lipinski definition) is 1. The summed E-state index contributed by atoms with van der Waals surface area (Å²) in [5.74, 6) is 0.982. The number of aryl methyl sites for hydroxylation is 1. The van der Waals surface area contributed by atoms with Crippen LogP contribution in [0.4, 0.5) is 0 Å². The number of hydrogen-bond acceptors (Lipinski definition) is 4. The summed E-state index contributed by atoms with van der Waals surface area (Å²) in [5.41, 5.74) is 2.31. The van der Waals surface area contributed by atoms with Crippen LogP contribution >= 0.6 is 11.3 Å². The molecule has 0 saturated carbocycles. The molecule has 2 atom stereocenters. The predicted octanol–water partition coefficient (Wildman–Crippen LogP) is 3.63. The van der Waals surface area contributed by atoms with E-state index in [0.29, 0.717) is 6.04 Å². The van der Waals surface area contributed by atoms with Crippen LogP contribution in [0.1, 0.15) is 41.8 Å². The van der Waals surface area contributed by atoms with Crippen LogP contribution in [0.2, 0.25) is 0 Å². The van der Waals surface area contributed by atoms with Crippen molar-refractivity contribution >= 4 is 11.3 Å². The first kappa shape index (κ1) is 12.6. The highest BCUT2D eigenvalue weighted by Crippen LogP contribution is 2.40. The molecule has 0 saturated heterocycles. The SMILES string of the molecule is CCNC1CC(c2csc(C)n2)Oc2ccccc21. The molecule has 0 fully saturated rings. The van der Waals surface area contributed by atoms with E-state index in [9.17, 15) is 0 Å². The summed E-state index contributed by atoms with van der Waals surface area (Å²) < 4.78 is 6.11. The number of para-hydroxylation sites is 1. The van der Waals surface area contributed by atoms with Crippen molar-refractivity contribution in [3.05, 3.63) is 45.9 Å². The molecule has 2 aromatic rings. The van der Waals surface area contributed by atoms with Gasteiger partial charge in [0.05, 0.1) is 10.7 Å². The maximum atomic E-state index is 6.11. The summed E-state index contributed by atoms with van der Waals surface area (Å²) in [5, 5.41) is 6.75. The first-order valence-electron chi connectivity index (χ1n) is 6.69. The van der Waals surface area contributed by atoms with Crippen LogP contribution < -0.4 is 10.1 Å². The van der Waals surface area contributed by atoms with E-state index in [-0.39, 0.29) is 6.10 Å². The minimum absolute atomic E-state index is 0.0592. The Morgan fingerprint density at radius 3 is 3.00 bits per heavy atom. The van der Waals surface area contributed by atoms with Crippen LogP contribution in [-0.2, 0) is 0 Å². The highest BCUT2D eigenvalue weighted by Gasteiger charge is 2.29. The summed E-state index contributed by atoms with van der Waals surface area (Å²) in [7, 11) is 0. The Morgan fingerprint density at radius 1 is 1.42 bits per heavy atom. The zero-order valence-corrected chi connectivity index (χ0v) is 12.0. The average molecular weight is 274 g/mol. The van der Waals surface area contributed by atoms with Gasteiger partial charge in [-0.15, -0.1) is 11.3 Å². The standard InChI is InChI=1S/C15H18N2OS/c1-3-16-12-8-15(13-9-19-10(2)17-13)18-14-7-5-4-6-11(12)14/h4-7,9,12,15-16H,3,8H2,1-2H3. The summed E-state index contributed by atoms with van der Waals surface area (Å²) in [6.07, 6.45) is 0.998. The van der Waals surface area contributed by atoms with E-state index >= 15 is 0 Å². The third-order valence-electron chi connectivity index (χ3n) is 3.43. The molecule has 1 aliphatic heterocycles. The van der Waals surface area contributed by atoms with Gasteiger partial charge in [0.2, 0.25) is 0 Å². The summed E-state index contributed by atoms with van der Waals surface area (Å²) in [6.45, 7) is 5.13. The molecule has 1 aromatic carbocycles. The molecule has 1 aliphatic rings. The van der Waals surface area contributed by atoms with Crippen LogP contribution in [0.5, 0.6) is 5.75 Å². The average Bonchev–Trinajstić information content (AvgIpc) is 2.86. The molecular formula is C15H18N2OS. The molecule has 0 bridgehead atoms. The number of aromatic nitrogens is 1. The number of fused-ring (bicyclic) bond motifs is 1. The predicted molar refractivity (Wildman–Crippen MR) is 77.7 cm³/mol. The Labute approximate surface area is 117 Å². The maximum absolute atomic E-state index is 6.11. The fraction of sp³-hybridized carbons (Fsp3) is 0.400. The second-order valence-electron chi connectivity index (χ2n) is 4.78. The Hall–Kier alpha value is -1.39. The summed E-state index contributed by atoms with van der Waals surface area (Å²) in [6, 6.07) is 8.63. The maximum Gasteiger partial charge on any atom is 0.143 e. The lowest BCUT2D eigenvalue weighted by Gasteiger charge is -2.31. The molecule has 4 heteroatoms. The quantitative estimate of drug-likeness (QED) is 0.928. The highest BCUT2D eigenvalue weighted by molar-refractivity contribution is 7.09. The van der Waals surface area contributed by atoms with Gasteiger partial charge < -0.3 is 10.1 Å². The van der Waals surface area contributed by atoms with Gasteiger partial charge >= 0.3 is 0 Å². The molecule has 0 amide bonds. The van der Waals surface area contributed by atoms with Gasteiger partial charge in [-0.1, -0.05) is 25.1 Å². The number of benzene rings is 1. The van der Waals surface area contributed by atoms with E-state index in [1.54, 1.807) is 11.3 Å². The zero-order valence-electron chi connectivity index (χ0n) is 11.2. The van der Waals surface area contributed by atoms with Gasteiger partial charge in [0.15, 0.2) is 0 Å². The van der Waals surface area contributed by atoms with Gasteiger partial charge in [-0.05, 0) is 19.5 Å². The molecular weight excluding hydrogens is 256 g/mol. The van der Waals surface area contributed by atoms with Crippen molar-refractivity contribution in [2.24, 2.45) is 0 Å². The van der Waals surface area contributed by atoms with E-state index in [4.69, 9.17) is 4.74 Å². The molecule has 3 nitrogen and oxygen atoms in total. The fourth-order valence-electron chi connectivity index (χ4n) is 2.57. The summed E-state index contributed by atoms with van der Waals surface area (Å²) >= 11 is 1.68. The first-order chi connectivity index (χ1) is 9.28. The molecule has 1 aromatic heterocycles. The molecule has 100 valence electrons. The first-order valence-corrected chi connectivity index (χ1v) is 7.57. The second-order valence-corrected chi connectivity index (χ2v) is 5.84. The van der Waals surface area contributed by atoms with Crippen molar-refractivity contribution in [3.8, 4) is 5.75 Å². The van der Waals surface area contributed by atoms with Crippen molar-refractivity contribution in [1.82, 2.24) is 10.3 Å². The van der Waals surface area contributed by atoms with Gasteiger partial charge in [-0.2, -0.15) is 0 Å². The number of thiazole rings is 1. The lowest BCUT2D eigenvalue weighted by atomic mass is 9.95. The van der Waals surface area contributed by atoms with E-state index in [1.165, 1.54) is 5.56 Å². The molecule has 2 heterocycles. The third-order valence-corrected chi connectivity index (χ3v) is 4.22. The Kier molecular flexibility index (Phi) is 3.53. The Morgan fingerprint density at radius 2 is 2.26 bits per heavy atom. The lowest BCUT2D eigenvalue weighted by Crippen LogP contribution is -2.29. The van der Waals surface area contributed by atoms with E-state index in [0.717, 1.165) is 29.4 Å². The van der Waals surface area contributed by atoms with Crippen molar-refractivity contribution in [2.45, 2.75) is 32.4 Å². The van der Waals surface area contributed by atoms with Gasteiger partial charge in [0.25, 0.3) is 0 Å². The van der Waals surface area contributed by atoms with Crippen LogP contribution in [0.3, 0.4) is 0 Å². The highest BCUT2D eigenvalue weighted by atomic mass is 32.1. The van der Waals surface area contributed by atoms with Gasteiger partial charge in [0.1, 0.15) is 11.9 Å². The minimum Gasteiger partial charge on any atom is -0.484 e. The van der Waals surface area contributed by atoms with E-state index in [2.05, 4.69) is 34.7 Å². The summed E-state index contributed by atoms with van der Waals surface area (Å²) in [4.78, 5) is 4.57. The van der Waals surface area contributed by atoms with Gasteiger partial charge in [-0.3, -0.25) is 0 Å². The molecule has 1 N–H and O–H groups in total. The number of nitrogens with zero attached hydrogens (tertiary/aromatic N) is 1. The van der Waals surface area contributed by atoms with E-state index in [1.807, 2.05) is 19.1 Å². The lowest BCUT2D eigenvalue weighted by molar-refractivity contribution is 0.148. The fourth-order valence-corrected chi connectivity index (χ4v) is 3.22. The van der Waals surface area contributed by atoms with Crippen LogP contribution in [0, 0.1) is 6.92 Å². The molecule has 19 heavy (non-hydrogen) atoms. The molecule has 0 spiro atoms. The van der Waals surface area contributed by atoms with Crippen molar-refractivity contribution in [1.29, 1.82) is 0 Å². The number of ether oxygens (including phenoxy) is 1. The van der Waals surface area contributed by atoms with Crippen molar-refractivity contribution in [3.63, 3.8) is 0 Å². The third kappa shape index (κ3) is 2.51. The van der Waals surface area contributed by atoms with Gasteiger partial charge in [-0.25, -0.2) is 4.98 Å². The molecule has 3 rings (SSSR count). The molecule has 2 unspecified atom stereocenters. The second kappa shape index (κ2) is 5.31. The zero-order chi connectivity index (χ0) is 13.2. The minimum atomic E-state index is 0.0592. The Balaban J connectivity index is 1.92. The molecule has 0 aliphatic carbocycles. The smallest absolute Gasteiger partial charge is 0.143 e. The number of rotatable bonds is 3. The van der Waals surface area contributed by atoms with Crippen LogP contribution in [-0.4, -0.2) is 11.5 Å². The van der Waals surface area contributed by atoms with Crippen LogP contribution in [0.25, 0.3) is 0 Å². The monoisotopic (exact) mass is 274 g/mol.